The maximum absolute atomic E-state index is 12.8. The molecule has 0 bridgehead atoms. The van der Waals surface area contributed by atoms with Crippen LogP contribution in [-0.4, -0.2) is 22.7 Å². The highest BCUT2D eigenvalue weighted by Gasteiger charge is 2.33. The number of ether oxygens (including phenoxy) is 1. The van der Waals surface area contributed by atoms with Crippen LogP contribution in [0.1, 0.15) is 5.56 Å². The molecule has 26 heavy (non-hydrogen) atoms. The Morgan fingerprint density at radius 2 is 1.96 bits per heavy atom. The summed E-state index contributed by atoms with van der Waals surface area (Å²) in [6.07, 6.45) is -3.07. The van der Waals surface area contributed by atoms with E-state index in [9.17, 15) is 18.0 Å². The molecule has 1 heterocycles. The zero-order valence-corrected chi connectivity index (χ0v) is 13.8. The molecule has 1 amide bonds. The van der Waals surface area contributed by atoms with Gasteiger partial charge in [0.25, 0.3) is 5.91 Å². The summed E-state index contributed by atoms with van der Waals surface area (Å²) in [7, 11) is 0. The first kappa shape index (κ1) is 17.9. The number of carbonyl (C=O) groups is 1. The molecule has 3 rings (SSSR count). The molecule has 0 saturated carbocycles. The Balaban J connectivity index is 1.70. The number of rotatable bonds is 4. The number of fused-ring (bicyclic) bond motifs is 1. The Hall–Kier alpha value is -2.87. The van der Waals surface area contributed by atoms with Gasteiger partial charge in [-0.1, -0.05) is 29.8 Å². The summed E-state index contributed by atoms with van der Waals surface area (Å²) in [5, 5.41) is 10.9. The van der Waals surface area contributed by atoms with Crippen LogP contribution in [0.3, 0.4) is 0 Å². The topological polar surface area (TPSA) is 64.1 Å². The first-order valence-electron chi connectivity index (χ1n) is 7.34. The molecule has 0 aliphatic rings. The molecule has 0 fully saturated rings. The third-order valence-corrected chi connectivity index (χ3v) is 3.76. The number of amides is 1. The first-order valence-corrected chi connectivity index (χ1v) is 7.72. The highest BCUT2D eigenvalue weighted by Crippen LogP contribution is 2.36. The van der Waals surface area contributed by atoms with E-state index in [1.807, 2.05) is 12.1 Å². The van der Waals surface area contributed by atoms with Crippen LogP contribution in [0.15, 0.2) is 48.7 Å². The number of benzene rings is 2. The van der Waals surface area contributed by atoms with Crippen molar-refractivity contribution in [1.82, 2.24) is 10.2 Å². The summed E-state index contributed by atoms with van der Waals surface area (Å²) in [6.45, 7) is -0.438. The summed E-state index contributed by atoms with van der Waals surface area (Å²) in [5.74, 6) is -0.486. The lowest BCUT2D eigenvalue weighted by Gasteiger charge is -2.12. The molecule has 0 spiro atoms. The molecule has 134 valence electrons. The molecular formula is C17H11ClF3N3O2. The van der Waals surface area contributed by atoms with E-state index in [1.54, 1.807) is 18.3 Å². The monoisotopic (exact) mass is 381 g/mol. The lowest BCUT2D eigenvalue weighted by molar-refractivity contribution is -0.137. The van der Waals surface area contributed by atoms with Crippen LogP contribution in [0.4, 0.5) is 18.9 Å². The van der Waals surface area contributed by atoms with Crippen LogP contribution in [-0.2, 0) is 11.0 Å². The number of aromatic nitrogens is 2. The number of anilines is 1. The Labute approximate surface area is 150 Å². The van der Waals surface area contributed by atoms with Crippen LogP contribution < -0.4 is 10.1 Å². The van der Waals surface area contributed by atoms with Crippen molar-refractivity contribution in [2.75, 3.05) is 11.9 Å². The lowest BCUT2D eigenvalue weighted by Crippen LogP contribution is -2.21. The average molecular weight is 382 g/mol. The van der Waals surface area contributed by atoms with Gasteiger partial charge in [-0.3, -0.25) is 4.79 Å². The summed E-state index contributed by atoms with van der Waals surface area (Å²) in [6, 6.07) is 10.3. The first-order chi connectivity index (χ1) is 12.3. The Morgan fingerprint density at radius 3 is 2.73 bits per heavy atom. The van der Waals surface area contributed by atoms with E-state index in [4.69, 9.17) is 16.3 Å². The van der Waals surface area contributed by atoms with Gasteiger partial charge in [-0.2, -0.15) is 18.3 Å². The molecule has 0 atom stereocenters. The number of nitrogens with zero attached hydrogens (tertiary/aromatic N) is 2. The zero-order chi connectivity index (χ0) is 18.7. The molecule has 1 N–H and O–H groups in total. The fourth-order valence-electron chi connectivity index (χ4n) is 2.26. The molecule has 0 radical (unpaired) electrons. The van der Waals surface area contributed by atoms with Gasteiger partial charge in [-0.25, -0.2) is 0 Å². The second kappa shape index (κ2) is 7.17. The van der Waals surface area contributed by atoms with Crippen LogP contribution >= 0.6 is 11.6 Å². The Kier molecular flexibility index (Phi) is 4.94. The third-order valence-electron chi connectivity index (χ3n) is 3.43. The van der Waals surface area contributed by atoms with Crippen LogP contribution in [0.25, 0.3) is 10.8 Å². The smallest absolute Gasteiger partial charge is 0.417 e. The number of nitrogens with one attached hydrogen (secondary N) is 1. The Morgan fingerprint density at radius 1 is 1.19 bits per heavy atom. The second-order valence-electron chi connectivity index (χ2n) is 5.27. The number of halogens is 4. The largest absolute Gasteiger partial charge is 0.466 e. The van der Waals surface area contributed by atoms with E-state index in [0.717, 1.165) is 17.5 Å². The minimum atomic E-state index is -4.62. The van der Waals surface area contributed by atoms with Crippen molar-refractivity contribution in [3.05, 3.63) is 59.2 Å². The van der Waals surface area contributed by atoms with Crippen LogP contribution in [0.2, 0.25) is 5.02 Å². The third kappa shape index (κ3) is 4.02. The standard InChI is InChI=1S/C17H11ClF3N3O2/c18-14-6-5-11(7-13(14)17(19,20)21)23-15(25)9-26-16-12-4-2-1-3-10(12)8-22-24-16/h1-8H,9H2,(H,23,25). The summed E-state index contributed by atoms with van der Waals surface area (Å²) in [4.78, 5) is 12.0. The highest BCUT2D eigenvalue weighted by molar-refractivity contribution is 6.31. The van der Waals surface area contributed by atoms with E-state index in [1.165, 1.54) is 6.07 Å². The maximum Gasteiger partial charge on any atom is 0.417 e. The fraction of sp³-hybridized carbons (Fsp3) is 0.118. The fourth-order valence-corrected chi connectivity index (χ4v) is 2.48. The van der Waals surface area contributed by atoms with E-state index in [-0.39, 0.29) is 11.6 Å². The normalized spacial score (nSPS) is 11.4. The molecule has 0 aliphatic carbocycles. The number of hydrogen-bond acceptors (Lipinski definition) is 4. The van der Waals surface area contributed by atoms with Crippen molar-refractivity contribution in [3.8, 4) is 5.88 Å². The lowest BCUT2D eigenvalue weighted by atomic mass is 10.2. The van der Waals surface area contributed by atoms with Crippen molar-refractivity contribution < 1.29 is 22.7 Å². The van der Waals surface area contributed by atoms with E-state index < -0.39 is 29.3 Å². The van der Waals surface area contributed by atoms with Gasteiger partial charge in [0.05, 0.1) is 16.8 Å². The molecule has 0 saturated heterocycles. The van der Waals surface area contributed by atoms with Crippen molar-refractivity contribution in [2.24, 2.45) is 0 Å². The van der Waals surface area contributed by atoms with E-state index >= 15 is 0 Å². The molecule has 3 aromatic rings. The van der Waals surface area contributed by atoms with Gasteiger partial charge >= 0.3 is 6.18 Å². The Bertz CT molecular complexity index is 958. The van der Waals surface area contributed by atoms with Crippen molar-refractivity contribution in [3.63, 3.8) is 0 Å². The zero-order valence-electron chi connectivity index (χ0n) is 13.0. The predicted molar refractivity (Wildman–Crippen MR) is 90.1 cm³/mol. The van der Waals surface area contributed by atoms with Gasteiger partial charge in [0, 0.05) is 16.5 Å². The van der Waals surface area contributed by atoms with Gasteiger partial charge in [-0.15, -0.1) is 5.10 Å². The molecule has 0 unspecified atom stereocenters. The molecular weight excluding hydrogens is 371 g/mol. The van der Waals surface area contributed by atoms with E-state index in [0.29, 0.717) is 5.39 Å². The summed E-state index contributed by atoms with van der Waals surface area (Å²) >= 11 is 5.54. The molecule has 5 nitrogen and oxygen atoms in total. The minimum absolute atomic E-state index is 0.0423. The second-order valence-corrected chi connectivity index (χ2v) is 5.67. The van der Waals surface area contributed by atoms with Gasteiger partial charge < -0.3 is 10.1 Å². The molecule has 0 aliphatic heterocycles. The minimum Gasteiger partial charge on any atom is -0.466 e. The van der Waals surface area contributed by atoms with Crippen molar-refractivity contribution in [2.45, 2.75) is 6.18 Å². The molecule has 9 heteroatoms. The number of carbonyl (C=O) groups excluding carboxylic acids is 1. The SMILES string of the molecule is O=C(COc1nncc2ccccc12)Nc1ccc(Cl)c(C(F)(F)F)c1. The number of alkyl halides is 3. The summed E-state index contributed by atoms with van der Waals surface area (Å²) < 4.78 is 43.9. The summed E-state index contributed by atoms with van der Waals surface area (Å²) in [5.41, 5.74) is -1.07. The van der Waals surface area contributed by atoms with Crippen LogP contribution in [0, 0.1) is 0 Å². The molecule has 2 aromatic carbocycles. The number of hydrogen-bond donors (Lipinski definition) is 1. The van der Waals surface area contributed by atoms with E-state index in [2.05, 4.69) is 15.5 Å². The van der Waals surface area contributed by atoms with Gasteiger partial charge in [0.2, 0.25) is 5.88 Å². The van der Waals surface area contributed by atoms with Crippen molar-refractivity contribution in [1.29, 1.82) is 0 Å². The average Bonchev–Trinajstić information content (AvgIpc) is 2.60. The molecule has 1 aromatic heterocycles. The van der Waals surface area contributed by atoms with Crippen LogP contribution in [0.5, 0.6) is 5.88 Å². The predicted octanol–water partition coefficient (Wildman–Crippen LogP) is 4.32. The van der Waals surface area contributed by atoms with Gasteiger partial charge in [0.1, 0.15) is 0 Å². The van der Waals surface area contributed by atoms with Gasteiger partial charge in [-0.05, 0) is 24.3 Å². The van der Waals surface area contributed by atoms with Gasteiger partial charge in [0.15, 0.2) is 6.61 Å². The highest BCUT2D eigenvalue weighted by atomic mass is 35.5. The quantitative estimate of drug-likeness (QED) is 0.731. The van der Waals surface area contributed by atoms with Crippen molar-refractivity contribution >= 4 is 34.0 Å². The maximum atomic E-state index is 12.8.